The van der Waals surface area contributed by atoms with Gasteiger partial charge in [0.2, 0.25) is 0 Å². The Morgan fingerprint density at radius 1 is 1.25 bits per heavy atom. The Kier molecular flexibility index (Phi) is 7.12. The Morgan fingerprint density at radius 2 is 1.81 bits per heavy atom. The minimum atomic E-state index is -0.231. The summed E-state index contributed by atoms with van der Waals surface area (Å²) in [5.41, 5.74) is 0.676. The van der Waals surface area contributed by atoms with Crippen LogP contribution in [0.4, 0.5) is 0 Å². The Balaban J connectivity index is 2.83. The number of hydrogen-bond acceptors (Lipinski definition) is 2. The van der Waals surface area contributed by atoms with E-state index in [2.05, 4.69) is 78.0 Å². The molecule has 0 amide bonds. The molecule has 1 aromatic rings. The molecule has 0 atom stereocenters. The smallest absolute Gasteiger partial charge is 0.340 e. The zero-order chi connectivity index (χ0) is 12.1. The van der Waals surface area contributed by atoms with Crippen molar-refractivity contribution in [2.75, 3.05) is 6.61 Å². The first-order valence-electron chi connectivity index (χ1n) is 4.52. The van der Waals surface area contributed by atoms with E-state index in [-0.39, 0.29) is 5.97 Å². The largest absolute Gasteiger partial charge is 0.462 e. The summed E-state index contributed by atoms with van der Waals surface area (Å²) in [5.74, 6) is -0.231. The number of benzene rings is 1. The number of halogens is 3. The maximum absolute atomic E-state index is 11.8. The highest BCUT2D eigenvalue weighted by Crippen LogP contribution is 2.23. The molecule has 0 N–H and O–H groups in total. The molecule has 0 bridgehead atoms. The number of rotatable bonds is 4. The topological polar surface area (TPSA) is 26.3 Å². The third-order valence-electron chi connectivity index (χ3n) is 1.77. The summed E-state index contributed by atoms with van der Waals surface area (Å²) in [7, 11) is 3.34. The molecule has 0 heterocycles. The fourth-order valence-electron chi connectivity index (χ4n) is 1.05. The normalized spacial score (nSPS) is 10.2. The van der Waals surface area contributed by atoms with Crippen molar-refractivity contribution in [2.24, 2.45) is 0 Å². The highest BCUT2D eigenvalue weighted by Gasteiger charge is 2.16. The highest BCUT2D eigenvalue weighted by atomic mass is 127. The van der Waals surface area contributed by atoms with Crippen LogP contribution in [0.3, 0.4) is 0 Å². The molecule has 85 valence electrons. The van der Waals surface area contributed by atoms with E-state index < -0.39 is 0 Å². The molecular weight excluding hydrogens is 561 g/mol. The van der Waals surface area contributed by atoms with Gasteiger partial charge in [-0.15, -0.1) is 0 Å². The van der Waals surface area contributed by atoms with Crippen LogP contribution in [0.5, 0.6) is 0 Å². The van der Waals surface area contributed by atoms with Crippen molar-refractivity contribution in [3.05, 3.63) is 28.4 Å². The van der Waals surface area contributed by atoms with Gasteiger partial charge in [0.15, 0.2) is 0 Å². The van der Waals surface area contributed by atoms with E-state index in [1.807, 2.05) is 12.1 Å². The Morgan fingerprint density at radius 3 is 2.31 bits per heavy atom. The summed E-state index contributed by atoms with van der Waals surface area (Å²) in [4.78, 5) is 11.8. The van der Waals surface area contributed by atoms with Gasteiger partial charge in [0.25, 0.3) is 0 Å². The Bertz CT molecular complexity index is 373. The average Bonchev–Trinajstić information content (AvgIpc) is 2.16. The molecule has 2 nitrogen and oxygen atoms in total. The molecular formula is C10H8I3O2Si. The van der Waals surface area contributed by atoms with Crippen molar-refractivity contribution < 1.29 is 9.53 Å². The number of ether oxygens (including phenoxy) is 1. The second-order valence-corrected chi connectivity index (χ2v) is 7.05. The van der Waals surface area contributed by atoms with E-state index in [9.17, 15) is 4.79 Å². The lowest BCUT2D eigenvalue weighted by atomic mass is 10.2. The summed E-state index contributed by atoms with van der Waals surface area (Å²) in [5, 5.41) is 0. The fraction of sp³-hybridized carbons (Fsp3) is 0.300. The summed E-state index contributed by atoms with van der Waals surface area (Å²) in [6.45, 7) is 0.459. The van der Waals surface area contributed by atoms with Gasteiger partial charge in [0.1, 0.15) is 0 Å². The number of carbonyl (C=O) groups excluding carboxylic acids is 1. The SMILES string of the molecule is O=C(OCCC[Si])c1c(I)cc(I)cc1I. The van der Waals surface area contributed by atoms with E-state index in [4.69, 9.17) is 4.74 Å². The molecule has 1 aromatic carbocycles. The number of esters is 1. The molecule has 16 heavy (non-hydrogen) atoms. The monoisotopic (exact) mass is 569 g/mol. The standard InChI is InChI=1S/C10H8I3O2Si/c11-6-4-7(12)9(8(13)5-6)10(14)15-2-1-3-16/h4-5H,1-3H2. The van der Waals surface area contributed by atoms with Gasteiger partial charge >= 0.3 is 5.97 Å². The van der Waals surface area contributed by atoms with Crippen LogP contribution in [0.2, 0.25) is 6.04 Å². The molecule has 0 fully saturated rings. The molecule has 0 aromatic heterocycles. The van der Waals surface area contributed by atoms with Crippen LogP contribution >= 0.6 is 67.8 Å². The summed E-state index contributed by atoms with van der Waals surface area (Å²) in [6.07, 6.45) is 0.833. The molecule has 0 saturated carbocycles. The van der Waals surface area contributed by atoms with Crippen LogP contribution in [0.1, 0.15) is 16.8 Å². The maximum atomic E-state index is 11.8. The van der Waals surface area contributed by atoms with Crippen LogP contribution < -0.4 is 0 Å². The van der Waals surface area contributed by atoms with Gasteiger partial charge in [-0.3, -0.25) is 0 Å². The zero-order valence-corrected chi connectivity index (χ0v) is 15.7. The van der Waals surface area contributed by atoms with Crippen molar-refractivity contribution in [2.45, 2.75) is 12.5 Å². The average molecular weight is 569 g/mol. The van der Waals surface area contributed by atoms with E-state index in [1.54, 1.807) is 0 Å². The van der Waals surface area contributed by atoms with Crippen molar-refractivity contribution in [1.29, 1.82) is 0 Å². The van der Waals surface area contributed by atoms with Crippen LogP contribution in [0.15, 0.2) is 12.1 Å². The molecule has 0 aliphatic rings. The highest BCUT2D eigenvalue weighted by molar-refractivity contribution is 14.1. The third kappa shape index (κ3) is 4.41. The Hall–Kier alpha value is 1.10. The maximum Gasteiger partial charge on any atom is 0.340 e. The molecule has 0 saturated heterocycles. The second-order valence-electron chi connectivity index (χ2n) is 2.98. The molecule has 6 heteroatoms. The van der Waals surface area contributed by atoms with Crippen molar-refractivity contribution in [3.63, 3.8) is 0 Å². The minimum absolute atomic E-state index is 0.231. The van der Waals surface area contributed by atoms with Crippen molar-refractivity contribution in [3.8, 4) is 0 Å². The van der Waals surface area contributed by atoms with Crippen LogP contribution in [0.25, 0.3) is 0 Å². The summed E-state index contributed by atoms with van der Waals surface area (Å²) in [6, 6.07) is 4.79. The number of carbonyl (C=O) groups is 1. The van der Waals surface area contributed by atoms with E-state index in [0.717, 1.165) is 23.2 Å². The fourth-order valence-corrected chi connectivity index (χ4v) is 5.21. The first kappa shape index (κ1) is 15.2. The molecule has 0 aliphatic carbocycles. The van der Waals surface area contributed by atoms with Crippen LogP contribution in [0, 0.1) is 10.7 Å². The van der Waals surface area contributed by atoms with Gasteiger partial charge in [-0.05, 0) is 86.3 Å². The first-order valence-corrected chi connectivity index (χ1v) is 8.47. The lowest BCUT2D eigenvalue weighted by molar-refractivity contribution is 0.0503. The molecule has 0 spiro atoms. The predicted octanol–water partition coefficient (Wildman–Crippen LogP) is 3.63. The zero-order valence-electron chi connectivity index (χ0n) is 8.23. The molecule has 0 aliphatic heterocycles. The van der Waals surface area contributed by atoms with E-state index in [1.165, 1.54) is 0 Å². The van der Waals surface area contributed by atoms with Gasteiger partial charge in [-0.2, -0.15) is 0 Å². The van der Waals surface area contributed by atoms with Crippen LogP contribution in [-0.4, -0.2) is 22.8 Å². The summed E-state index contributed by atoms with van der Waals surface area (Å²) >= 11 is 6.57. The quantitative estimate of drug-likeness (QED) is 0.240. The van der Waals surface area contributed by atoms with Crippen molar-refractivity contribution in [1.82, 2.24) is 0 Å². The van der Waals surface area contributed by atoms with Gasteiger partial charge in [-0.1, -0.05) is 6.04 Å². The van der Waals surface area contributed by atoms with Gasteiger partial charge in [-0.25, -0.2) is 4.79 Å². The van der Waals surface area contributed by atoms with Gasteiger partial charge in [0.05, 0.1) is 12.2 Å². The summed E-state index contributed by atoms with van der Waals surface area (Å²) < 4.78 is 8.20. The lowest BCUT2D eigenvalue weighted by Gasteiger charge is -2.08. The molecule has 3 radical (unpaired) electrons. The van der Waals surface area contributed by atoms with Gasteiger partial charge < -0.3 is 4.74 Å². The number of hydrogen-bond donors (Lipinski definition) is 0. The first-order chi connectivity index (χ1) is 7.56. The molecule has 1 rings (SSSR count). The van der Waals surface area contributed by atoms with Crippen molar-refractivity contribution >= 4 is 84.0 Å². The van der Waals surface area contributed by atoms with Crippen LogP contribution in [-0.2, 0) is 4.74 Å². The Labute approximate surface area is 139 Å². The third-order valence-corrected chi connectivity index (χ3v) is 4.44. The molecule has 0 unspecified atom stereocenters. The van der Waals surface area contributed by atoms with E-state index >= 15 is 0 Å². The minimum Gasteiger partial charge on any atom is -0.462 e. The van der Waals surface area contributed by atoms with Gasteiger partial charge in [0, 0.05) is 21.0 Å². The second kappa shape index (κ2) is 7.51. The lowest BCUT2D eigenvalue weighted by Crippen LogP contribution is -2.10. The predicted molar refractivity (Wildman–Crippen MR) is 90.1 cm³/mol. The van der Waals surface area contributed by atoms with E-state index in [0.29, 0.717) is 12.2 Å².